The molecule has 1 aromatic carbocycles. The minimum Gasteiger partial charge on any atom is -0.352 e. The predicted octanol–water partition coefficient (Wildman–Crippen LogP) is 3.04. The molecule has 1 aliphatic heterocycles. The zero-order valence-corrected chi connectivity index (χ0v) is 16.1. The first kappa shape index (κ1) is 18.3. The van der Waals surface area contributed by atoms with Gasteiger partial charge in [0.2, 0.25) is 5.95 Å². The van der Waals surface area contributed by atoms with Crippen LogP contribution in [-0.2, 0) is 13.1 Å². The van der Waals surface area contributed by atoms with Gasteiger partial charge in [-0.2, -0.15) is 5.10 Å². The van der Waals surface area contributed by atoms with Crippen LogP contribution >= 0.6 is 23.2 Å². The van der Waals surface area contributed by atoms with Gasteiger partial charge in [0.15, 0.2) is 5.52 Å². The van der Waals surface area contributed by atoms with E-state index in [0.29, 0.717) is 39.5 Å². The highest BCUT2D eigenvalue weighted by molar-refractivity contribution is 6.42. The molecule has 0 saturated carbocycles. The van der Waals surface area contributed by atoms with Crippen LogP contribution in [0.5, 0.6) is 0 Å². The number of aromatic nitrogens is 4. The summed E-state index contributed by atoms with van der Waals surface area (Å²) >= 11 is 12.0. The van der Waals surface area contributed by atoms with E-state index in [1.165, 1.54) is 0 Å². The van der Waals surface area contributed by atoms with Gasteiger partial charge >= 0.3 is 0 Å². The van der Waals surface area contributed by atoms with E-state index in [1.54, 1.807) is 23.0 Å². The molecule has 2 aromatic heterocycles. The van der Waals surface area contributed by atoms with Crippen LogP contribution in [0.25, 0.3) is 11.0 Å². The van der Waals surface area contributed by atoms with Crippen LogP contribution in [0.4, 0.5) is 5.95 Å². The minimum absolute atomic E-state index is 0.196. The average Bonchev–Trinajstić information content (AvgIpc) is 3.07. The average molecular weight is 407 g/mol. The number of aromatic amines is 1. The van der Waals surface area contributed by atoms with Crippen molar-refractivity contribution < 1.29 is 0 Å². The monoisotopic (exact) mass is 406 g/mol. The Bertz CT molecular complexity index is 1010. The van der Waals surface area contributed by atoms with Crippen molar-refractivity contribution in [2.24, 2.45) is 5.92 Å². The predicted molar refractivity (Wildman–Crippen MR) is 108 cm³/mol. The second-order valence-corrected chi connectivity index (χ2v) is 7.60. The Hall–Kier alpha value is -2.09. The van der Waals surface area contributed by atoms with Crippen molar-refractivity contribution in [1.29, 1.82) is 0 Å². The highest BCUT2D eigenvalue weighted by Crippen LogP contribution is 2.23. The van der Waals surface area contributed by atoms with Crippen molar-refractivity contribution in [2.75, 3.05) is 18.4 Å². The van der Waals surface area contributed by atoms with Gasteiger partial charge in [0.05, 0.1) is 16.2 Å². The van der Waals surface area contributed by atoms with Crippen molar-refractivity contribution in [3.63, 3.8) is 0 Å². The summed E-state index contributed by atoms with van der Waals surface area (Å²) in [7, 11) is 0. The summed E-state index contributed by atoms with van der Waals surface area (Å²) in [5.41, 5.74) is 1.84. The molecule has 1 atom stereocenters. The summed E-state index contributed by atoms with van der Waals surface area (Å²) in [6.45, 7) is 3.20. The first-order chi connectivity index (χ1) is 13.1. The summed E-state index contributed by atoms with van der Waals surface area (Å²) in [6, 6.07) is 5.39. The summed E-state index contributed by atoms with van der Waals surface area (Å²) in [5, 5.41) is 11.9. The van der Waals surface area contributed by atoms with Crippen molar-refractivity contribution in [3.8, 4) is 0 Å². The topological polar surface area (TPSA) is 87.6 Å². The van der Waals surface area contributed by atoms with E-state index in [1.807, 2.05) is 6.07 Å². The Morgan fingerprint density at radius 1 is 1.30 bits per heavy atom. The molecule has 3 N–H and O–H groups in total. The quantitative estimate of drug-likeness (QED) is 0.605. The molecule has 9 heteroatoms. The number of anilines is 1. The van der Waals surface area contributed by atoms with Crippen LogP contribution in [0.3, 0.4) is 0 Å². The molecule has 0 aliphatic carbocycles. The third-order valence-electron chi connectivity index (χ3n) is 4.77. The molecule has 1 saturated heterocycles. The van der Waals surface area contributed by atoms with Crippen molar-refractivity contribution in [3.05, 3.63) is 50.4 Å². The fraction of sp³-hybridized carbons (Fsp3) is 0.389. The van der Waals surface area contributed by atoms with Crippen LogP contribution in [0.15, 0.2) is 29.2 Å². The molecule has 0 amide bonds. The zero-order valence-electron chi connectivity index (χ0n) is 14.6. The van der Waals surface area contributed by atoms with E-state index in [2.05, 4.69) is 25.7 Å². The number of piperidine rings is 1. The number of nitrogens with one attached hydrogen (secondary N) is 3. The number of H-pyrrole nitrogens is 1. The summed E-state index contributed by atoms with van der Waals surface area (Å²) in [5.74, 6) is 0.881. The fourth-order valence-corrected chi connectivity index (χ4v) is 3.71. The largest absolute Gasteiger partial charge is 0.352 e. The maximum atomic E-state index is 12.6. The lowest BCUT2D eigenvalue weighted by molar-refractivity contribution is 0.329. The van der Waals surface area contributed by atoms with E-state index >= 15 is 0 Å². The number of fused-ring (bicyclic) bond motifs is 1. The van der Waals surface area contributed by atoms with Gasteiger partial charge in [-0.1, -0.05) is 29.3 Å². The maximum Gasteiger partial charge on any atom is 0.278 e. The van der Waals surface area contributed by atoms with Gasteiger partial charge in [0, 0.05) is 13.1 Å². The molecular formula is C18H20Cl2N6O. The Morgan fingerprint density at radius 3 is 2.96 bits per heavy atom. The molecule has 1 aliphatic rings. The fourth-order valence-electron chi connectivity index (χ4n) is 3.39. The summed E-state index contributed by atoms with van der Waals surface area (Å²) in [4.78, 5) is 19.9. The minimum atomic E-state index is -0.196. The van der Waals surface area contributed by atoms with Crippen LogP contribution in [0.1, 0.15) is 18.4 Å². The molecule has 4 rings (SSSR count). The standard InChI is InChI=1S/C18H20Cl2N6O/c19-13-4-3-11(6-14(13)20)8-22-18-24-15-9-23-26(16(15)17(27)25-18)10-12-2-1-5-21-7-12/h3-4,6,9,12,21H,1-2,5,7-8,10H2,(H2,22,24,25,27). The lowest BCUT2D eigenvalue weighted by Gasteiger charge is -2.22. The second-order valence-electron chi connectivity index (χ2n) is 6.79. The van der Waals surface area contributed by atoms with Gasteiger partial charge in [-0.25, -0.2) is 4.98 Å². The molecule has 3 heterocycles. The normalized spacial score (nSPS) is 17.3. The highest BCUT2D eigenvalue weighted by Gasteiger charge is 2.17. The molecule has 1 unspecified atom stereocenters. The third kappa shape index (κ3) is 4.10. The maximum absolute atomic E-state index is 12.6. The molecule has 142 valence electrons. The Morgan fingerprint density at radius 2 is 2.19 bits per heavy atom. The lowest BCUT2D eigenvalue weighted by atomic mass is 10.00. The zero-order chi connectivity index (χ0) is 18.8. The molecule has 0 bridgehead atoms. The van der Waals surface area contributed by atoms with Crippen LogP contribution in [0.2, 0.25) is 10.0 Å². The first-order valence-corrected chi connectivity index (χ1v) is 9.70. The smallest absolute Gasteiger partial charge is 0.278 e. The molecule has 3 aromatic rings. The summed E-state index contributed by atoms with van der Waals surface area (Å²) in [6.07, 6.45) is 3.94. The van der Waals surface area contributed by atoms with Crippen LogP contribution < -0.4 is 16.2 Å². The molecule has 1 fully saturated rings. The Balaban J connectivity index is 1.51. The number of halogens is 2. The Kier molecular flexibility index (Phi) is 5.33. The Labute approximate surface area is 166 Å². The lowest BCUT2D eigenvalue weighted by Crippen LogP contribution is -2.32. The number of hydrogen-bond acceptors (Lipinski definition) is 5. The van der Waals surface area contributed by atoms with E-state index < -0.39 is 0 Å². The molecule has 0 spiro atoms. The molecule has 0 radical (unpaired) electrons. The van der Waals surface area contributed by atoms with Gasteiger partial charge in [-0.15, -0.1) is 0 Å². The van der Waals surface area contributed by atoms with Crippen molar-refractivity contribution >= 4 is 40.2 Å². The van der Waals surface area contributed by atoms with E-state index in [4.69, 9.17) is 23.2 Å². The van der Waals surface area contributed by atoms with Crippen molar-refractivity contribution in [1.82, 2.24) is 25.1 Å². The van der Waals surface area contributed by atoms with E-state index in [0.717, 1.165) is 38.0 Å². The van der Waals surface area contributed by atoms with Crippen molar-refractivity contribution in [2.45, 2.75) is 25.9 Å². The van der Waals surface area contributed by atoms with Gasteiger partial charge in [0.1, 0.15) is 5.52 Å². The number of hydrogen-bond donors (Lipinski definition) is 3. The van der Waals surface area contributed by atoms with Gasteiger partial charge < -0.3 is 10.6 Å². The van der Waals surface area contributed by atoms with E-state index in [-0.39, 0.29) is 5.56 Å². The molecule has 27 heavy (non-hydrogen) atoms. The number of rotatable bonds is 5. The number of nitrogens with zero attached hydrogens (tertiary/aromatic N) is 3. The number of benzene rings is 1. The van der Waals surface area contributed by atoms with Crippen LogP contribution in [0, 0.1) is 5.92 Å². The molecule has 7 nitrogen and oxygen atoms in total. The van der Waals surface area contributed by atoms with E-state index in [9.17, 15) is 4.79 Å². The van der Waals surface area contributed by atoms with Gasteiger partial charge in [-0.3, -0.25) is 14.5 Å². The first-order valence-electron chi connectivity index (χ1n) is 8.94. The second kappa shape index (κ2) is 7.88. The third-order valence-corrected chi connectivity index (χ3v) is 5.51. The molecular weight excluding hydrogens is 387 g/mol. The SMILES string of the molecule is O=c1[nH]c(NCc2ccc(Cl)c(Cl)c2)nc2cnn(CC3CCCNC3)c12. The summed E-state index contributed by atoms with van der Waals surface area (Å²) < 4.78 is 1.77. The van der Waals surface area contributed by atoms with Crippen LogP contribution in [-0.4, -0.2) is 32.8 Å². The highest BCUT2D eigenvalue weighted by atomic mass is 35.5. The van der Waals surface area contributed by atoms with Gasteiger partial charge in [0.25, 0.3) is 5.56 Å². The van der Waals surface area contributed by atoms with Gasteiger partial charge in [-0.05, 0) is 49.5 Å².